The summed E-state index contributed by atoms with van der Waals surface area (Å²) in [6.45, 7) is 0. The van der Waals surface area contributed by atoms with E-state index >= 15 is 0 Å². The Balaban J connectivity index is 1.59. The molecule has 0 saturated heterocycles. The monoisotopic (exact) mass is 467 g/mol. The van der Waals surface area contributed by atoms with Crippen LogP contribution in [-0.2, 0) is 6.18 Å². The second kappa shape index (κ2) is 8.72. The zero-order valence-electron chi connectivity index (χ0n) is 16.5. The van der Waals surface area contributed by atoms with Crippen molar-refractivity contribution in [1.29, 1.82) is 5.26 Å². The largest absolute Gasteiger partial charge is 0.457 e. The normalized spacial score (nSPS) is 11.9. The number of thiazole rings is 1. The summed E-state index contributed by atoms with van der Waals surface area (Å²) in [5, 5.41) is 22.5. The highest BCUT2D eigenvalue weighted by atomic mass is 32.1. The average Bonchev–Trinajstić information content (AvgIpc) is 3.47. The van der Waals surface area contributed by atoms with E-state index in [1.807, 2.05) is 6.07 Å². The smallest absolute Gasteiger partial charge is 0.416 e. The summed E-state index contributed by atoms with van der Waals surface area (Å²) < 4.78 is 44.5. The van der Waals surface area contributed by atoms with Crippen molar-refractivity contribution in [1.82, 2.24) is 4.98 Å². The van der Waals surface area contributed by atoms with Crippen molar-refractivity contribution < 1.29 is 22.5 Å². The minimum atomic E-state index is -4.47. The first kappa shape index (κ1) is 22.0. The highest BCUT2D eigenvalue weighted by molar-refractivity contribution is 7.11. The number of nitriles is 1. The van der Waals surface area contributed by atoms with Gasteiger partial charge in [0.1, 0.15) is 22.6 Å². The molecule has 0 atom stereocenters. The maximum Gasteiger partial charge on any atom is 0.416 e. The number of furan rings is 1. The van der Waals surface area contributed by atoms with Crippen molar-refractivity contribution in [3.05, 3.63) is 92.5 Å². The number of aromatic nitrogens is 1. The fraction of sp³-hybridized carbons (Fsp3) is 0.0435. The summed E-state index contributed by atoms with van der Waals surface area (Å²) in [6.07, 6.45) is -3.01. The first-order valence-corrected chi connectivity index (χ1v) is 10.2. The van der Waals surface area contributed by atoms with Crippen LogP contribution in [0.1, 0.15) is 16.3 Å². The Bertz CT molecular complexity index is 1400. The molecule has 0 aliphatic rings. The Morgan fingerprint density at radius 1 is 1.12 bits per heavy atom. The third-order valence-corrected chi connectivity index (χ3v) is 5.49. The molecular weight excluding hydrogens is 455 g/mol. The molecule has 0 spiro atoms. The zero-order chi connectivity index (χ0) is 23.6. The zero-order valence-corrected chi connectivity index (χ0v) is 17.4. The van der Waals surface area contributed by atoms with E-state index in [2.05, 4.69) is 4.98 Å². The topological polar surface area (TPSA) is 93.0 Å². The molecule has 0 unspecified atom stereocenters. The molecule has 4 rings (SSSR count). The molecule has 2 aromatic heterocycles. The lowest BCUT2D eigenvalue weighted by Gasteiger charge is -2.07. The lowest BCUT2D eigenvalue weighted by Crippen LogP contribution is -2.04. The van der Waals surface area contributed by atoms with Gasteiger partial charge in [-0.05, 0) is 36.4 Å². The summed E-state index contributed by atoms with van der Waals surface area (Å²) in [5.41, 5.74) is 0.852. The van der Waals surface area contributed by atoms with Crippen LogP contribution in [0.4, 0.5) is 18.9 Å². The van der Waals surface area contributed by atoms with Gasteiger partial charge in [0.2, 0.25) is 0 Å². The van der Waals surface area contributed by atoms with Gasteiger partial charge in [-0.2, -0.15) is 18.4 Å². The number of nitro benzene ring substituents is 1. The lowest BCUT2D eigenvalue weighted by atomic mass is 10.1. The average molecular weight is 467 g/mol. The molecule has 4 aromatic rings. The number of hydrogen-bond acceptors (Lipinski definition) is 6. The highest BCUT2D eigenvalue weighted by Crippen LogP contribution is 2.33. The number of halogens is 3. The van der Waals surface area contributed by atoms with Crippen LogP contribution in [0.25, 0.3) is 34.2 Å². The third-order valence-electron chi connectivity index (χ3n) is 4.62. The van der Waals surface area contributed by atoms with E-state index in [1.54, 1.807) is 23.6 Å². The van der Waals surface area contributed by atoms with Crippen molar-refractivity contribution in [2.45, 2.75) is 6.18 Å². The predicted molar refractivity (Wildman–Crippen MR) is 117 cm³/mol. The van der Waals surface area contributed by atoms with Gasteiger partial charge in [-0.15, -0.1) is 11.3 Å². The highest BCUT2D eigenvalue weighted by Gasteiger charge is 2.30. The Morgan fingerprint density at radius 2 is 1.88 bits per heavy atom. The van der Waals surface area contributed by atoms with Crippen LogP contribution in [0.15, 0.2) is 70.5 Å². The Labute approximate surface area is 189 Å². The molecule has 6 nitrogen and oxygen atoms in total. The third kappa shape index (κ3) is 4.83. The van der Waals surface area contributed by atoms with Gasteiger partial charge in [0.25, 0.3) is 5.69 Å². The van der Waals surface area contributed by atoms with Crippen LogP contribution in [-0.4, -0.2) is 9.91 Å². The number of nitro groups is 1. The molecule has 2 aromatic carbocycles. The lowest BCUT2D eigenvalue weighted by molar-refractivity contribution is -0.384. The predicted octanol–water partition coefficient (Wildman–Crippen LogP) is 7.06. The van der Waals surface area contributed by atoms with Gasteiger partial charge < -0.3 is 4.42 Å². The van der Waals surface area contributed by atoms with E-state index in [1.165, 1.54) is 47.7 Å². The molecule has 0 saturated carbocycles. The standard InChI is InChI=1S/C23H12F3N3O3S/c24-23(25,26)17-3-1-2-15(10-17)21-9-8-19(32-21)11-16(12-27)22-28-20(13-33-22)14-4-6-18(7-5-14)29(30)31/h1-11,13H/b16-11+. The fourth-order valence-electron chi connectivity index (χ4n) is 3.00. The van der Waals surface area contributed by atoms with Gasteiger partial charge in [0.05, 0.1) is 21.8 Å². The number of allylic oxidation sites excluding steroid dienone is 1. The van der Waals surface area contributed by atoms with Crippen molar-refractivity contribution in [2.24, 2.45) is 0 Å². The van der Waals surface area contributed by atoms with Crippen molar-refractivity contribution >= 4 is 28.7 Å². The van der Waals surface area contributed by atoms with Crippen LogP contribution in [0.3, 0.4) is 0 Å². The maximum atomic E-state index is 13.0. The molecule has 0 aliphatic carbocycles. The molecule has 164 valence electrons. The first-order chi connectivity index (χ1) is 15.7. The van der Waals surface area contributed by atoms with Crippen molar-refractivity contribution in [3.8, 4) is 28.7 Å². The molecule has 2 heterocycles. The van der Waals surface area contributed by atoms with Crippen LogP contribution < -0.4 is 0 Å². The second-order valence-electron chi connectivity index (χ2n) is 6.79. The number of hydrogen-bond donors (Lipinski definition) is 0. The molecule has 10 heteroatoms. The van der Waals surface area contributed by atoms with Gasteiger partial charge >= 0.3 is 6.18 Å². The molecule has 0 bridgehead atoms. The summed E-state index contributed by atoms with van der Waals surface area (Å²) in [5.74, 6) is 0.515. The SMILES string of the molecule is N#C/C(=C\c1ccc(-c2cccc(C(F)(F)F)c2)o1)c1nc(-c2ccc([N+](=O)[O-])cc2)cs1. The summed E-state index contributed by atoms with van der Waals surface area (Å²) in [7, 11) is 0. The fourth-order valence-corrected chi connectivity index (χ4v) is 3.80. The van der Waals surface area contributed by atoms with Gasteiger partial charge in [-0.1, -0.05) is 12.1 Å². The number of nitrogens with zero attached hydrogens (tertiary/aromatic N) is 3. The van der Waals surface area contributed by atoms with Gasteiger partial charge in [0.15, 0.2) is 0 Å². The van der Waals surface area contributed by atoms with Crippen LogP contribution in [0.2, 0.25) is 0 Å². The van der Waals surface area contributed by atoms with Gasteiger partial charge in [-0.25, -0.2) is 4.98 Å². The molecule has 0 radical (unpaired) electrons. The van der Waals surface area contributed by atoms with E-state index in [0.717, 1.165) is 12.1 Å². The number of rotatable bonds is 5. The van der Waals surface area contributed by atoms with Gasteiger partial charge in [-0.3, -0.25) is 10.1 Å². The van der Waals surface area contributed by atoms with E-state index in [-0.39, 0.29) is 28.3 Å². The van der Waals surface area contributed by atoms with Crippen LogP contribution >= 0.6 is 11.3 Å². The molecule has 0 N–H and O–H groups in total. The van der Waals surface area contributed by atoms with Crippen LogP contribution in [0.5, 0.6) is 0 Å². The number of alkyl halides is 3. The Kier molecular flexibility index (Phi) is 5.81. The minimum absolute atomic E-state index is 0.0405. The molecule has 0 aliphatic heterocycles. The van der Waals surface area contributed by atoms with E-state index in [4.69, 9.17) is 4.42 Å². The summed E-state index contributed by atoms with van der Waals surface area (Å²) >= 11 is 1.21. The van der Waals surface area contributed by atoms with Gasteiger partial charge in [0, 0.05) is 34.7 Å². The van der Waals surface area contributed by atoms with Crippen molar-refractivity contribution in [2.75, 3.05) is 0 Å². The minimum Gasteiger partial charge on any atom is -0.457 e. The number of non-ortho nitro benzene ring substituents is 1. The first-order valence-electron chi connectivity index (χ1n) is 9.34. The molecule has 0 fully saturated rings. The summed E-state index contributed by atoms with van der Waals surface area (Å²) in [4.78, 5) is 14.7. The molecule has 33 heavy (non-hydrogen) atoms. The number of benzene rings is 2. The molecular formula is C23H12F3N3O3S. The quantitative estimate of drug-likeness (QED) is 0.178. The summed E-state index contributed by atoms with van der Waals surface area (Å²) in [6, 6.07) is 15.8. The van der Waals surface area contributed by atoms with E-state index < -0.39 is 16.7 Å². The maximum absolute atomic E-state index is 13.0. The second-order valence-corrected chi connectivity index (χ2v) is 7.65. The van der Waals surface area contributed by atoms with Crippen molar-refractivity contribution in [3.63, 3.8) is 0 Å². The van der Waals surface area contributed by atoms with E-state index in [0.29, 0.717) is 16.3 Å². The Hall–Kier alpha value is -4.23. The van der Waals surface area contributed by atoms with E-state index in [9.17, 15) is 28.5 Å². The Morgan fingerprint density at radius 3 is 2.55 bits per heavy atom. The van der Waals surface area contributed by atoms with Crippen LogP contribution in [0, 0.1) is 21.4 Å². The molecule has 0 amide bonds.